The lowest BCUT2D eigenvalue weighted by Gasteiger charge is -2.25. The van der Waals surface area contributed by atoms with Crippen LogP contribution in [0, 0.1) is 0 Å². The minimum Gasteiger partial charge on any atom is -0.474 e. The van der Waals surface area contributed by atoms with Crippen molar-refractivity contribution in [2.75, 3.05) is 5.32 Å². The van der Waals surface area contributed by atoms with Gasteiger partial charge < -0.3 is 10.1 Å². The van der Waals surface area contributed by atoms with Gasteiger partial charge in [0.05, 0.1) is 5.69 Å². The SMILES string of the molecule is O=C(Nc1cc(-c2cccnc2)[nH]n1)c1ccnc(OC2CCC2)c1. The smallest absolute Gasteiger partial charge is 0.257 e. The molecule has 7 heteroatoms. The number of nitrogens with zero attached hydrogens (tertiary/aromatic N) is 3. The topological polar surface area (TPSA) is 92.8 Å². The van der Waals surface area contributed by atoms with Crippen LogP contribution in [-0.4, -0.2) is 32.2 Å². The van der Waals surface area contributed by atoms with E-state index in [0.717, 1.165) is 24.1 Å². The second-order valence-electron chi connectivity index (χ2n) is 5.92. The number of carbonyl (C=O) groups is 1. The number of anilines is 1. The lowest BCUT2D eigenvalue weighted by Crippen LogP contribution is -2.25. The summed E-state index contributed by atoms with van der Waals surface area (Å²) >= 11 is 0. The number of pyridine rings is 2. The molecule has 4 rings (SSSR count). The third-order valence-electron chi connectivity index (χ3n) is 4.13. The molecule has 0 aromatic carbocycles. The molecule has 3 aromatic rings. The van der Waals surface area contributed by atoms with Crippen molar-refractivity contribution in [1.29, 1.82) is 0 Å². The van der Waals surface area contributed by atoms with E-state index in [2.05, 4.69) is 25.5 Å². The summed E-state index contributed by atoms with van der Waals surface area (Å²) in [5.74, 6) is 0.669. The number of rotatable bonds is 5. The van der Waals surface area contributed by atoms with Crippen LogP contribution in [0.25, 0.3) is 11.3 Å². The summed E-state index contributed by atoms with van der Waals surface area (Å²) in [4.78, 5) is 20.7. The van der Waals surface area contributed by atoms with Crippen LogP contribution in [0.2, 0.25) is 0 Å². The highest BCUT2D eigenvalue weighted by atomic mass is 16.5. The van der Waals surface area contributed by atoms with E-state index in [4.69, 9.17) is 4.74 Å². The van der Waals surface area contributed by atoms with Crippen LogP contribution in [0.5, 0.6) is 5.88 Å². The molecule has 0 aliphatic heterocycles. The number of nitrogens with one attached hydrogen (secondary N) is 2. The Bertz CT molecular complexity index is 874. The van der Waals surface area contributed by atoms with Crippen LogP contribution in [0.1, 0.15) is 29.6 Å². The average molecular weight is 335 g/mol. The molecule has 1 fully saturated rings. The first-order valence-corrected chi connectivity index (χ1v) is 8.18. The molecule has 1 saturated carbocycles. The molecule has 3 heterocycles. The third-order valence-corrected chi connectivity index (χ3v) is 4.13. The lowest BCUT2D eigenvalue weighted by atomic mass is 9.96. The number of aromatic nitrogens is 4. The number of hydrogen-bond donors (Lipinski definition) is 2. The fourth-order valence-corrected chi connectivity index (χ4v) is 2.52. The average Bonchev–Trinajstić information content (AvgIpc) is 3.08. The van der Waals surface area contributed by atoms with Crippen molar-refractivity contribution < 1.29 is 9.53 Å². The van der Waals surface area contributed by atoms with E-state index in [9.17, 15) is 4.79 Å². The zero-order chi connectivity index (χ0) is 17.1. The zero-order valence-electron chi connectivity index (χ0n) is 13.5. The van der Waals surface area contributed by atoms with Gasteiger partial charge in [-0.05, 0) is 37.5 Å². The molecule has 0 unspecified atom stereocenters. The van der Waals surface area contributed by atoms with Crippen molar-refractivity contribution in [1.82, 2.24) is 20.2 Å². The molecule has 126 valence electrons. The maximum absolute atomic E-state index is 12.4. The molecular weight excluding hydrogens is 318 g/mol. The maximum Gasteiger partial charge on any atom is 0.257 e. The summed E-state index contributed by atoms with van der Waals surface area (Å²) in [5.41, 5.74) is 2.16. The predicted molar refractivity (Wildman–Crippen MR) is 92.3 cm³/mol. The first-order valence-electron chi connectivity index (χ1n) is 8.18. The molecule has 0 bridgehead atoms. The predicted octanol–water partition coefficient (Wildman–Crippen LogP) is 3.05. The van der Waals surface area contributed by atoms with Crippen molar-refractivity contribution >= 4 is 11.7 Å². The highest BCUT2D eigenvalue weighted by molar-refractivity contribution is 6.04. The highest BCUT2D eigenvalue weighted by Crippen LogP contribution is 2.24. The van der Waals surface area contributed by atoms with E-state index >= 15 is 0 Å². The van der Waals surface area contributed by atoms with Crippen molar-refractivity contribution in [3.8, 4) is 17.1 Å². The van der Waals surface area contributed by atoms with Crippen molar-refractivity contribution in [2.24, 2.45) is 0 Å². The molecule has 1 aliphatic carbocycles. The Hall–Kier alpha value is -3.22. The summed E-state index contributed by atoms with van der Waals surface area (Å²) in [5, 5.41) is 9.78. The van der Waals surface area contributed by atoms with Crippen LogP contribution in [0.3, 0.4) is 0 Å². The molecule has 3 aromatic heterocycles. The minimum absolute atomic E-state index is 0.221. The Morgan fingerprint density at radius 1 is 1.24 bits per heavy atom. The normalized spacial score (nSPS) is 13.9. The third kappa shape index (κ3) is 3.50. The number of hydrogen-bond acceptors (Lipinski definition) is 5. The molecule has 0 radical (unpaired) electrons. The van der Waals surface area contributed by atoms with E-state index in [1.54, 1.807) is 36.8 Å². The van der Waals surface area contributed by atoms with Crippen molar-refractivity contribution in [3.05, 3.63) is 54.5 Å². The van der Waals surface area contributed by atoms with Crippen LogP contribution in [-0.2, 0) is 0 Å². The molecule has 0 saturated heterocycles. The Morgan fingerprint density at radius 2 is 2.16 bits per heavy atom. The second kappa shape index (κ2) is 6.72. The van der Waals surface area contributed by atoms with Gasteiger partial charge in [-0.3, -0.25) is 14.9 Å². The number of carbonyl (C=O) groups excluding carboxylic acids is 1. The number of amides is 1. The Balaban J connectivity index is 1.45. The van der Waals surface area contributed by atoms with E-state index in [1.807, 2.05) is 12.1 Å². The first kappa shape index (κ1) is 15.3. The zero-order valence-corrected chi connectivity index (χ0v) is 13.5. The Morgan fingerprint density at radius 3 is 2.92 bits per heavy atom. The standard InChI is InChI=1S/C18H17N5O2/c24-18(12-6-8-20-17(9-12)25-14-4-1-5-14)21-16-10-15(22-23-16)13-3-2-7-19-11-13/h2-3,6-11,14H,1,4-5H2,(H2,21,22,23,24). The lowest BCUT2D eigenvalue weighted by molar-refractivity contribution is 0.101. The van der Waals surface area contributed by atoms with Gasteiger partial charge >= 0.3 is 0 Å². The molecule has 1 aliphatic rings. The largest absolute Gasteiger partial charge is 0.474 e. The summed E-state index contributed by atoms with van der Waals surface area (Å²) in [6.45, 7) is 0. The van der Waals surface area contributed by atoms with Gasteiger partial charge in [0.15, 0.2) is 5.82 Å². The van der Waals surface area contributed by atoms with Crippen LogP contribution in [0.4, 0.5) is 5.82 Å². The second-order valence-corrected chi connectivity index (χ2v) is 5.92. The summed E-state index contributed by atoms with van der Waals surface area (Å²) in [6, 6.07) is 8.83. The van der Waals surface area contributed by atoms with Gasteiger partial charge in [-0.2, -0.15) is 5.10 Å². The van der Waals surface area contributed by atoms with Gasteiger partial charge in [0.1, 0.15) is 6.10 Å². The number of H-pyrrole nitrogens is 1. The molecule has 1 amide bonds. The number of aromatic amines is 1. The van der Waals surface area contributed by atoms with Crippen molar-refractivity contribution in [3.63, 3.8) is 0 Å². The Labute approximate surface area is 144 Å². The van der Waals surface area contributed by atoms with Gasteiger partial charge in [-0.1, -0.05) is 0 Å². The summed E-state index contributed by atoms with van der Waals surface area (Å²) in [7, 11) is 0. The van der Waals surface area contributed by atoms with Gasteiger partial charge in [-0.25, -0.2) is 4.98 Å². The van der Waals surface area contributed by atoms with Gasteiger partial charge in [0, 0.05) is 41.9 Å². The van der Waals surface area contributed by atoms with Crippen LogP contribution in [0.15, 0.2) is 48.9 Å². The monoisotopic (exact) mass is 335 g/mol. The Kier molecular flexibility index (Phi) is 4.12. The van der Waals surface area contributed by atoms with E-state index in [1.165, 1.54) is 6.42 Å². The van der Waals surface area contributed by atoms with Gasteiger partial charge in [0.2, 0.25) is 5.88 Å². The quantitative estimate of drug-likeness (QED) is 0.747. The van der Waals surface area contributed by atoms with Crippen LogP contribution < -0.4 is 10.1 Å². The van der Waals surface area contributed by atoms with Gasteiger partial charge in [-0.15, -0.1) is 0 Å². The number of ether oxygens (including phenoxy) is 1. The molecule has 7 nitrogen and oxygen atoms in total. The van der Waals surface area contributed by atoms with E-state index in [0.29, 0.717) is 17.3 Å². The highest BCUT2D eigenvalue weighted by Gasteiger charge is 2.20. The first-order chi connectivity index (χ1) is 12.3. The molecule has 0 atom stereocenters. The van der Waals surface area contributed by atoms with E-state index < -0.39 is 0 Å². The molecule has 0 spiro atoms. The van der Waals surface area contributed by atoms with Gasteiger partial charge in [0.25, 0.3) is 5.91 Å². The fraction of sp³-hybridized carbons (Fsp3) is 0.222. The summed E-state index contributed by atoms with van der Waals surface area (Å²) < 4.78 is 5.73. The molecule has 2 N–H and O–H groups in total. The molecular formula is C18H17N5O2. The maximum atomic E-state index is 12.4. The summed E-state index contributed by atoms with van der Waals surface area (Å²) in [6.07, 6.45) is 8.50. The minimum atomic E-state index is -0.259. The van der Waals surface area contributed by atoms with Crippen molar-refractivity contribution in [2.45, 2.75) is 25.4 Å². The molecule has 25 heavy (non-hydrogen) atoms. The van der Waals surface area contributed by atoms with Crippen LogP contribution >= 0.6 is 0 Å². The van der Waals surface area contributed by atoms with E-state index in [-0.39, 0.29) is 12.0 Å². The fourth-order valence-electron chi connectivity index (χ4n) is 2.52.